The molecule has 3 rings (SSSR count). The van der Waals surface area contributed by atoms with Crippen molar-refractivity contribution < 1.29 is 0 Å². The van der Waals surface area contributed by atoms with Gasteiger partial charge in [0.15, 0.2) is 0 Å². The van der Waals surface area contributed by atoms with Crippen LogP contribution in [0.5, 0.6) is 0 Å². The molecular formula is C15H23N3. The highest BCUT2D eigenvalue weighted by atomic mass is 15.3. The van der Waals surface area contributed by atoms with Gasteiger partial charge in [-0.15, -0.1) is 0 Å². The number of nitrogens with zero attached hydrogens (tertiary/aromatic N) is 3. The molecule has 0 bridgehead atoms. The van der Waals surface area contributed by atoms with Crippen molar-refractivity contribution in [2.75, 3.05) is 26.2 Å². The minimum atomic E-state index is 0.705. The molecule has 3 heteroatoms. The second kappa shape index (κ2) is 5.37. The molecule has 2 fully saturated rings. The Balaban J connectivity index is 1.56. The van der Waals surface area contributed by atoms with E-state index in [4.69, 9.17) is 0 Å². The SMILES string of the molecule is CC1CN2CCCC2CN1CCc1cccnc1. The van der Waals surface area contributed by atoms with Crippen molar-refractivity contribution in [1.82, 2.24) is 14.8 Å². The summed E-state index contributed by atoms with van der Waals surface area (Å²) in [7, 11) is 0. The minimum Gasteiger partial charge on any atom is -0.298 e. The molecule has 0 N–H and O–H groups in total. The number of fused-ring (bicyclic) bond motifs is 1. The number of pyridine rings is 1. The smallest absolute Gasteiger partial charge is 0.0300 e. The van der Waals surface area contributed by atoms with Gasteiger partial charge in [-0.2, -0.15) is 0 Å². The Labute approximate surface area is 110 Å². The first kappa shape index (κ1) is 12.1. The summed E-state index contributed by atoms with van der Waals surface area (Å²) in [5.74, 6) is 0. The second-order valence-corrected chi connectivity index (χ2v) is 5.75. The summed E-state index contributed by atoms with van der Waals surface area (Å²) in [5, 5.41) is 0. The fraction of sp³-hybridized carbons (Fsp3) is 0.667. The highest BCUT2D eigenvalue weighted by Crippen LogP contribution is 2.24. The summed E-state index contributed by atoms with van der Waals surface area (Å²) < 4.78 is 0. The fourth-order valence-electron chi connectivity index (χ4n) is 3.38. The standard InChI is InChI=1S/C15H23N3/c1-13-11-18-8-3-5-15(18)12-17(13)9-6-14-4-2-7-16-10-14/h2,4,7,10,13,15H,3,5-6,8-9,11-12H2,1H3. The van der Waals surface area contributed by atoms with Gasteiger partial charge in [-0.05, 0) is 44.4 Å². The molecule has 3 nitrogen and oxygen atoms in total. The van der Waals surface area contributed by atoms with Gasteiger partial charge < -0.3 is 0 Å². The zero-order valence-electron chi connectivity index (χ0n) is 11.3. The third-order valence-electron chi connectivity index (χ3n) is 4.48. The maximum Gasteiger partial charge on any atom is 0.0300 e. The monoisotopic (exact) mass is 245 g/mol. The van der Waals surface area contributed by atoms with Crippen molar-refractivity contribution in [2.24, 2.45) is 0 Å². The summed E-state index contributed by atoms with van der Waals surface area (Å²) >= 11 is 0. The maximum atomic E-state index is 4.19. The Morgan fingerprint density at radius 1 is 1.39 bits per heavy atom. The average molecular weight is 245 g/mol. The molecule has 2 unspecified atom stereocenters. The lowest BCUT2D eigenvalue weighted by Crippen LogP contribution is -2.55. The van der Waals surface area contributed by atoms with Crippen LogP contribution in [-0.4, -0.2) is 53.0 Å². The van der Waals surface area contributed by atoms with Crippen LogP contribution in [0.25, 0.3) is 0 Å². The zero-order valence-corrected chi connectivity index (χ0v) is 11.3. The molecule has 0 aliphatic carbocycles. The zero-order chi connectivity index (χ0) is 12.4. The molecule has 0 aromatic carbocycles. The molecule has 2 saturated heterocycles. The van der Waals surface area contributed by atoms with Gasteiger partial charge >= 0.3 is 0 Å². The van der Waals surface area contributed by atoms with Crippen LogP contribution in [0.4, 0.5) is 0 Å². The van der Waals surface area contributed by atoms with E-state index in [2.05, 4.69) is 27.8 Å². The van der Waals surface area contributed by atoms with Crippen LogP contribution >= 0.6 is 0 Å². The third kappa shape index (κ3) is 2.57. The molecule has 1 aromatic rings. The summed E-state index contributed by atoms with van der Waals surface area (Å²) in [5.41, 5.74) is 1.36. The number of aromatic nitrogens is 1. The molecule has 3 heterocycles. The third-order valence-corrected chi connectivity index (χ3v) is 4.48. The lowest BCUT2D eigenvalue weighted by atomic mass is 10.1. The molecule has 0 saturated carbocycles. The van der Waals surface area contributed by atoms with E-state index in [0.29, 0.717) is 6.04 Å². The fourth-order valence-corrected chi connectivity index (χ4v) is 3.38. The van der Waals surface area contributed by atoms with Gasteiger partial charge in [-0.1, -0.05) is 6.07 Å². The van der Waals surface area contributed by atoms with E-state index in [1.807, 2.05) is 18.5 Å². The molecule has 0 amide bonds. The highest BCUT2D eigenvalue weighted by molar-refractivity contribution is 5.09. The summed E-state index contributed by atoms with van der Waals surface area (Å²) in [6.07, 6.45) is 7.77. The Hall–Kier alpha value is -0.930. The molecule has 0 spiro atoms. The van der Waals surface area contributed by atoms with Gasteiger partial charge in [-0.3, -0.25) is 14.8 Å². The van der Waals surface area contributed by atoms with E-state index in [-0.39, 0.29) is 0 Å². The van der Waals surface area contributed by atoms with E-state index < -0.39 is 0 Å². The van der Waals surface area contributed by atoms with Crippen LogP contribution in [-0.2, 0) is 6.42 Å². The molecular weight excluding hydrogens is 222 g/mol. The number of hydrogen-bond donors (Lipinski definition) is 0. The Kier molecular flexibility index (Phi) is 3.62. The van der Waals surface area contributed by atoms with Crippen LogP contribution in [0.15, 0.2) is 24.5 Å². The first-order valence-corrected chi connectivity index (χ1v) is 7.20. The molecule has 98 valence electrons. The molecule has 2 aliphatic rings. The van der Waals surface area contributed by atoms with Gasteiger partial charge in [0, 0.05) is 44.1 Å². The number of rotatable bonds is 3. The quantitative estimate of drug-likeness (QED) is 0.809. The van der Waals surface area contributed by atoms with Gasteiger partial charge in [0.1, 0.15) is 0 Å². The topological polar surface area (TPSA) is 19.4 Å². The van der Waals surface area contributed by atoms with E-state index in [1.165, 1.54) is 44.6 Å². The van der Waals surface area contributed by atoms with Crippen LogP contribution in [0, 0.1) is 0 Å². The van der Waals surface area contributed by atoms with Gasteiger partial charge in [0.05, 0.1) is 0 Å². The lowest BCUT2D eigenvalue weighted by molar-refractivity contribution is 0.0605. The van der Waals surface area contributed by atoms with Gasteiger partial charge in [0.2, 0.25) is 0 Å². The van der Waals surface area contributed by atoms with E-state index in [9.17, 15) is 0 Å². The maximum absolute atomic E-state index is 4.19. The Morgan fingerprint density at radius 2 is 2.33 bits per heavy atom. The average Bonchev–Trinajstić information content (AvgIpc) is 2.84. The molecule has 2 atom stereocenters. The lowest BCUT2D eigenvalue weighted by Gasteiger charge is -2.42. The van der Waals surface area contributed by atoms with Crippen molar-refractivity contribution >= 4 is 0 Å². The Morgan fingerprint density at radius 3 is 3.17 bits per heavy atom. The normalized spacial score (nSPS) is 29.4. The minimum absolute atomic E-state index is 0.705. The number of hydrogen-bond acceptors (Lipinski definition) is 3. The summed E-state index contributed by atoms with van der Waals surface area (Å²) in [4.78, 5) is 9.55. The van der Waals surface area contributed by atoms with E-state index in [1.54, 1.807) is 0 Å². The Bertz CT molecular complexity index is 379. The van der Waals surface area contributed by atoms with Crippen molar-refractivity contribution in [3.8, 4) is 0 Å². The van der Waals surface area contributed by atoms with Crippen LogP contribution < -0.4 is 0 Å². The van der Waals surface area contributed by atoms with Crippen molar-refractivity contribution in [1.29, 1.82) is 0 Å². The van der Waals surface area contributed by atoms with E-state index in [0.717, 1.165) is 12.5 Å². The van der Waals surface area contributed by atoms with Gasteiger partial charge in [-0.25, -0.2) is 0 Å². The highest BCUT2D eigenvalue weighted by Gasteiger charge is 2.33. The molecule has 1 aromatic heterocycles. The van der Waals surface area contributed by atoms with E-state index >= 15 is 0 Å². The van der Waals surface area contributed by atoms with Crippen LogP contribution in [0.1, 0.15) is 25.3 Å². The second-order valence-electron chi connectivity index (χ2n) is 5.75. The van der Waals surface area contributed by atoms with Crippen LogP contribution in [0.2, 0.25) is 0 Å². The first-order valence-electron chi connectivity index (χ1n) is 7.20. The summed E-state index contributed by atoms with van der Waals surface area (Å²) in [6.45, 7) is 7.40. The predicted molar refractivity (Wildman–Crippen MR) is 73.6 cm³/mol. The van der Waals surface area contributed by atoms with Crippen molar-refractivity contribution in [3.63, 3.8) is 0 Å². The molecule has 0 radical (unpaired) electrons. The predicted octanol–water partition coefficient (Wildman–Crippen LogP) is 1.79. The van der Waals surface area contributed by atoms with Crippen molar-refractivity contribution in [2.45, 2.75) is 38.3 Å². The van der Waals surface area contributed by atoms with Crippen molar-refractivity contribution in [3.05, 3.63) is 30.1 Å². The number of piperazine rings is 1. The van der Waals surface area contributed by atoms with Gasteiger partial charge in [0.25, 0.3) is 0 Å². The first-order chi connectivity index (χ1) is 8.83. The molecule has 18 heavy (non-hydrogen) atoms. The molecule has 2 aliphatic heterocycles. The summed E-state index contributed by atoms with van der Waals surface area (Å²) in [6, 6.07) is 5.75. The van der Waals surface area contributed by atoms with Crippen LogP contribution in [0.3, 0.4) is 0 Å². The largest absolute Gasteiger partial charge is 0.298 e.